The van der Waals surface area contributed by atoms with Crippen molar-refractivity contribution in [2.45, 2.75) is 39.0 Å². The summed E-state index contributed by atoms with van der Waals surface area (Å²) in [5, 5.41) is 14.8. The molecule has 1 saturated carbocycles. The Labute approximate surface area is 107 Å². The lowest BCUT2D eigenvalue weighted by Crippen LogP contribution is -2.47. The van der Waals surface area contributed by atoms with Crippen LogP contribution in [0.2, 0.25) is 0 Å². The van der Waals surface area contributed by atoms with Gasteiger partial charge >= 0.3 is 6.03 Å². The van der Waals surface area contributed by atoms with Crippen molar-refractivity contribution in [3.05, 3.63) is 35.4 Å². The van der Waals surface area contributed by atoms with Crippen LogP contribution < -0.4 is 10.6 Å². The average molecular weight is 248 g/mol. The van der Waals surface area contributed by atoms with Gasteiger partial charge in [-0.2, -0.15) is 0 Å². The van der Waals surface area contributed by atoms with Crippen LogP contribution in [-0.4, -0.2) is 17.2 Å². The highest BCUT2D eigenvalue weighted by molar-refractivity contribution is 5.74. The van der Waals surface area contributed by atoms with Crippen molar-refractivity contribution in [1.82, 2.24) is 10.6 Å². The third-order valence-corrected chi connectivity index (χ3v) is 3.34. The van der Waals surface area contributed by atoms with Crippen LogP contribution in [0.1, 0.15) is 30.9 Å². The second-order valence-corrected chi connectivity index (χ2v) is 5.08. The molecule has 4 heteroatoms. The Morgan fingerprint density at radius 3 is 2.78 bits per heavy atom. The van der Waals surface area contributed by atoms with E-state index < -0.39 is 0 Å². The smallest absolute Gasteiger partial charge is 0.315 e. The van der Waals surface area contributed by atoms with Crippen LogP contribution in [0.5, 0.6) is 0 Å². The number of amides is 2. The topological polar surface area (TPSA) is 61.4 Å². The van der Waals surface area contributed by atoms with Gasteiger partial charge in [-0.25, -0.2) is 4.79 Å². The number of hydrogen-bond acceptors (Lipinski definition) is 2. The van der Waals surface area contributed by atoms with Gasteiger partial charge in [-0.15, -0.1) is 0 Å². The van der Waals surface area contributed by atoms with E-state index in [9.17, 15) is 4.79 Å². The number of urea groups is 1. The minimum Gasteiger partial charge on any atom is -0.392 e. The lowest BCUT2D eigenvalue weighted by Gasteiger charge is -2.33. The van der Waals surface area contributed by atoms with Gasteiger partial charge in [-0.3, -0.25) is 0 Å². The first kappa shape index (κ1) is 12.9. The molecule has 0 bridgehead atoms. The number of aliphatic hydroxyl groups is 1. The van der Waals surface area contributed by atoms with Gasteiger partial charge in [0.2, 0.25) is 0 Å². The summed E-state index contributed by atoms with van der Waals surface area (Å²) in [6.07, 6.45) is 2.15. The minimum atomic E-state index is -0.110. The average Bonchev–Trinajstić information content (AvgIpc) is 2.35. The lowest BCUT2D eigenvalue weighted by atomic mass is 9.82. The van der Waals surface area contributed by atoms with Gasteiger partial charge in [0.05, 0.1) is 6.61 Å². The number of rotatable bonds is 4. The molecule has 1 aromatic carbocycles. The minimum absolute atomic E-state index is 0.0278. The Bertz CT molecular complexity index is 414. The van der Waals surface area contributed by atoms with Crippen molar-refractivity contribution >= 4 is 6.03 Å². The second-order valence-electron chi connectivity index (χ2n) is 5.08. The van der Waals surface area contributed by atoms with Gasteiger partial charge in [0.25, 0.3) is 0 Å². The molecule has 0 spiro atoms. The largest absolute Gasteiger partial charge is 0.392 e. The molecule has 0 aromatic heterocycles. The van der Waals surface area contributed by atoms with Gasteiger partial charge < -0.3 is 15.7 Å². The summed E-state index contributed by atoms with van der Waals surface area (Å²) in [7, 11) is 0. The van der Waals surface area contributed by atoms with Crippen LogP contribution in [0.3, 0.4) is 0 Å². The van der Waals surface area contributed by atoms with E-state index >= 15 is 0 Å². The third kappa shape index (κ3) is 3.47. The molecule has 0 heterocycles. The quantitative estimate of drug-likeness (QED) is 0.760. The van der Waals surface area contributed by atoms with E-state index in [1.165, 1.54) is 0 Å². The second kappa shape index (κ2) is 5.87. The van der Waals surface area contributed by atoms with E-state index in [-0.39, 0.29) is 12.6 Å². The first-order valence-electron chi connectivity index (χ1n) is 6.40. The van der Waals surface area contributed by atoms with E-state index in [4.69, 9.17) is 5.11 Å². The summed E-state index contributed by atoms with van der Waals surface area (Å²) in [6.45, 7) is 2.71. The molecule has 0 saturated heterocycles. The van der Waals surface area contributed by atoms with Crippen molar-refractivity contribution in [3.8, 4) is 0 Å². The maximum atomic E-state index is 11.6. The number of nitrogens with one attached hydrogen (secondary N) is 2. The predicted octanol–water partition coefficient (Wildman–Crippen LogP) is 1.78. The molecule has 0 unspecified atom stereocenters. The molecule has 18 heavy (non-hydrogen) atoms. The van der Waals surface area contributed by atoms with Crippen LogP contribution in [0.4, 0.5) is 4.79 Å². The monoisotopic (exact) mass is 248 g/mol. The van der Waals surface area contributed by atoms with Gasteiger partial charge in [0, 0.05) is 12.6 Å². The summed E-state index contributed by atoms with van der Waals surface area (Å²) in [6, 6.07) is 7.80. The molecule has 1 fully saturated rings. The SMILES string of the molecule is CC1CC(NC(=O)NCc2cccc(CO)c2)C1. The Morgan fingerprint density at radius 2 is 2.11 bits per heavy atom. The van der Waals surface area contributed by atoms with Gasteiger partial charge in [0.1, 0.15) is 0 Å². The van der Waals surface area contributed by atoms with E-state index in [0.29, 0.717) is 12.6 Å². The fourth-order valence-corrected chi connectivity index (χ4v) is 2.28. The summed E-state index contributed by atoms with van der Waals surface area (Å²) in [4.78, 5) is 11.6. The van der Waals surface area contributed by atoms with Crippen molar-refractivity contribution in [1.29, 1.82) is 0 Å². The maximum absolute atomic E-state index is 11.6. The van der Waals surface area contributed by atoms with Crippen LogP contribution in [0.15, 0.2) is 24.3 Å². The predicted molar refractivity (Wildman–Crippen MR) is 69.9 cm³/mol. The van der Waals surface area contributed by atoms with Gasteiger partial charge in [-0.05, 0) is 29.9 Å². The zero-order chi connectivity index (χ0) is 13.0. The lowest BCUT2D eigenvalue weighted by molar-refractivity contribution is 0.210. The summed E-state index contributed by atoms with van der Waals surface area (Å²) in [5.41, 5.74) is 1.86. The van der Waals surface area contributed by atoms with Gasteiger partial charge in [-0.1, -0.05) is 31.2 Å². The molecule has 98 valence electrons. The van der Waals surface area contributed by atoms with Crippen LogP contribution in [0.25, 0.3) is 0 Å². The van der Waals surface area contributed by atoms with Crippen molar-refractivity contribution in [2.75, 3.05) is 0 Å². The normalized spacial score (nSPS) is 22.1. The molecule has 1 aromatic rings. The third-order valence-electron chi connectivity index (χ3n) is 3.34. The Morgan fingerprint density at radius 1 is 1.39 bits per heavy atom. The molecule has 2 rings (SSSR count). The van der Waals surface area contributed by atoms with Crippen LogP contribution in [0, 0.1) is 5.92 Å². The van der Waals surface area contributed by atoms with Gasteiger partial charge in [0.15, 0.2) is 0 Å². The molecular formula is C14H20N2O2. The zero-order valence-electron chi connectivity index (χ0n) is 10.6. The fraction of sp³-hybridized carbons (Fsp3) is 0.500. The standard InChI is InChI=1S/C14H20N2O2/c1-10-5-13(6-10)16-14(18)15-8-11-3-2-4-12(7-11)9-17/h2-4,7,10,13,17H,5-6,8-9H2,1H3,(H2,15,16,18). The summed E-state index contributed by atoms with van der Waals surface area (Å²) in [5.74, 6) is 0.733. The maximum Gasteiger partial charge on any atom is 0.315 e. The van der Waals surface area contributed by atoms with E-state index in [1.54, 1.807) is 0 Å². The fourth-order valence-electron chi connectivity index (χ4n) is 2.28. The molecule has 0 aliphatic heterocycles. The summed E-state index contributed by atoms with van der Waals surface area (Å²) < 4.78 is 0. The highest BCUT2D eigenvalue weighted by Gasteiger charge is 2.26. The number of hydrogen-bond donors (Lipinski definition) is 3. The summed E-state index contributed by atoms with van der Waals surface area (Å²) >= 11 is 0. The molecular weight excluding hydrogens is 228 g/mol. The number of carbonyl (C=O) groups is 1. The first-order chi connectivity index (χ1) is 8.67. The molecule has 1 aliphatic carbocycles. The molecule has 2 amide bonds. The van der Waals surface area contributed by atoms with E-state index in [2.05, 4.69) is 17.6 Å². The van der Waals surface area contributed by atoms with E-state index in [0.717, 1.165) is 29.9 Å². The highest BCUT2D eigenvalue weighted by Crippen LogP contribution is 2.25. The Hall–Kier alpha value is -1.55. The number of carbonyl (C=O) groups excluding carboxylic acids is 1. The molecule has 0 radical (unpaired) electrons. The number of benzene rings is 1. The highest BCUT2D eigenvalue weighted by atomic mass is 16.3. The van der Waals surface area contributed by atoms with E-state index in [1.807, 2.05) is 24.3 Å². The van der Waals surface area contributed by atoms with Crippen LogP contribution in [-0.2, 0) is 13.2 Å². The Kier molecular flexibility index (Phi) is 4.20. The molecule has 3 N–H and O–H groups in total. The number of aliphatic hydroxyl groups excluding tert-OH is 1. The Balaban J connectivity index is 1.74. The molecule has 1 aliphatic rings. The molecule has 0 atom stereocenters. The molecule has 4 nitrogen and oxygen atoms in total. The zero-order valence-corrected chi connectivity index (χ0v) is 10.6. The van der Waals surface area contributed by atoms with Crippen molar-refractivity contribution in [2.24, 2.45) is 5.92 Å². The van der Waals surface area contributed by atoms with Crippen molar-refractivity contribution < 1.29 is 9.90 Å². The van der Waals surface area contributed by atoms with Crippen molar-refractivity contribution in [3.63, 3.8) is 0 Å². The van der Waals surface area contributed by atoms with Crippen LogP contribution >= 0.6 is 0 Å². The first-order valence-corrected chi connectivity index (χ1v) is 6.40.